The van der Waals surface area contributed by atoms with Gasteiger partial charge in [0.05, 0.1) is 6.61 Å². The van der Waals surface area contributed by atoms with Crippen molar-refractivity contribution < 1.29 is 19.8 Å². The number of aliphatic hydroxyl groups is 1. The Labute approximate surface area is 102 Å². The number of hydrogen-bond acceptors (Lipinski definition) is 3. The Morgan fingerprint density at radius 1 is 1.29 bits per heavy atom. The van der Waals surface area contributed by atoms with Gasteiger partial charge in [0.15, 0.2) is 0 Å². The average molecular weight is 246 g/mol. The zero-order chi connectivity index (χ0) is 13.3. The Morgan fingerprint density at radius 3 is 2.35 bits per heavy atom. The van der Waals surface area contributed by atoms with E-state index in [1.807, 2.05) is 6.92 Å². The van der Waals surface area contributed by atoms with Crippen LogP contribution in [0.1, 0.15) is 33.1 Å². The Kier molecular flexibility index (Phi) is 8.13. The quantitative estimate of drug-likeness (QED) is 0.586. The number of aliphatic hydroxyl groups excluding tert-OH is 1. The minimum Gasteiger partial charge on any atom is -0.480 e. The maximum absolute atomic E-state index is 11.8. The molecule has 0 aliphatic heterocycles. The van der Waals surface area contributed by atoms with E-state index in [0.717, 1.165) is 12.8 Å². The predicted molar refractivity (Wildman–Crippen MR) is 63.8 cm³/mol. The van der Waals surface area contributed by atoms with E-state index in [9.17, 15) is 9.59 Å². The van der Waals surface area contributed by atoms with Crippen LogP contribution in [0, 0.1) is 0 Å². The van der Waals surface area contributed by atoms with Crippen LogP contribution < -0.4 is 5.32 Å². The first kappa shape index (κ1) is 15.7. The SMILES string of the molecule is CCCCN(CCO)C(=O)N[C@H](CC)C(=O)O. The molecule has 0 heterocycles. The lowest BCUT2D eigenvalue weighted by Crippen LogP contribution is -2.48. The number of carbonyl (C=O) groups excluding carboxylic acids is 1. The Morgan fingerprint density at radius 2 is 1.94 bits per heavy atom. The highest BCUT2D eigenvalue weighted by molar-refractivity contribution is 5.82. The molecule has 6 heteroatoms. The van der Waals surface area contributed by atoms with Gasteiger partial charge in [0, 0.05) is 13.1 Å². The van der Waals surface area contributed by atoms with Crippen LogP contribution in [0.5, 0.6) is 0 Å². The molecule has 100 valence electrons. The molecule has 6 nitrogen and oxygen atoms in total. The lowest BCUT2D eigenvalue weighted by Gasteiger charge is -2.24. The average Bonchev–Trinajstić information content (AvgIpc) is 2.30. The fraction of sp³-hybridized carbons (Fsp3) is 0.818. The molecule has 0 rings (SSSR count). The van der Waals surface area contributed by atoms with Crippen LogP contribution in [0.2, 0.25) is 0 Å². The molecule has 0 bridgehead atoms. The van der Waals surface area contributed by atoms with Crippen LogP contribution in [0.15, 0.2) is 0 Å². The van der Waals surface area contributed by atoms with Crippen molar-refractivity contribution in [3.63, 3.8) is 0 Å². The highest BCUT2D eigenvalue weighted by atomic mass is 16.4. The minimum atomic E-state index is -1.04. The molecule has 0 spiro atoms. The van der Waals surface area contributed by atoms with Crippen molar-refractivity contribution in [2.45, 2.75) is 39.2 Å². The van der Waals surface area contributed by atoms with Gasteiger partial charge in [0.25, 0.3) is 0 Å². The summed E-state index contributed by atoms with van der Waals surface area (Å²) in [6.07, 6.45) is 2.10. The first-order valence-corrected chi connectivity index (χ1v) is 5.95. The molecular formula is C11H22N2O4. The van der Waals surface area contributed by atoms with Crippen molar-refractivity contribution in [3.8, 4) is 0 Å². The Bertz CT molecular complexity index is 246. The third-order valence-corrected chi connectivity index (χ3v) is 2.44. The fourth-order valence-electron chi connectivity index (χ4n) is 1.36. The van der Waals surface area contributed by atoms with Gasteiger partial charge in [-0.2, -0.15) is 0 Å². The number of urea groups is 1. The number of hydrogen-bond donors (Lipinski definition) is 3. The predicted octanol–water partition coefficient (Wildman–Crippen LogP) is 0.654. The van der Waals surface area contributed by atoms with Gasteiger partial charge >= 0.3 is 12.0 Å². The highest BCUT2D eigenvalue weighted by Crippen LogP contribution is 1.98. The molecule has 0 aromatic carbocycles. The number of nitrogens with zero attached hydrogens (tertiary/aromatic N) is 1. The van der Waals surface area contributed by atoms with Crippen molar-refractivity contribution in [1.82, 2.24) is 10.2 Å². The van der Waals surface area contributed by atoms with Gasteiger partial charge in [-0.15, -0.1) is 0 Å². The molecular weight excluding hydrogens is 224 g/mol. The van der Waals surface area contributed by atoms with Gasteiger partial charge in [0.2, 0.25) is 0 Å². The fourth-order valence-corrected chi connectivity index (χ4v) is 1.36. The lowest BCUT2D eigenvalue weighted by atomic mass is 10.2. The van der Waals surface area contributed by atoms with E-state index in [4.69, 9.17) is 10.2 Å². The summed E-state index contributed by atoms with van der Waals surface area (Å²) in [6.45, 7) is 4.32. The van der Waals surface area contributed by atoms with Crippen molar-refractivity contribution in [2.75, 3.05) is 19.7 Å². The molecule has 2 amide bonds. The second-order valence-corrected chi connectivity index (χ2v) is 3.81. The second-order valence-electron chi connectivity index (χ2n) is 3.81. The number of unbranched alkanes of at least 4 members (excludes halogenated alkanes) is 1. The number of carboxylic acids is 1. The van der Waals surface area contributed by atoms with Crippen molar-refractivity contribution in [2.24, 2.45) is 0 Å². The number of carbonyl (C=O) groups is 2. The molecule has 0 aliphatic carbocycles. The second kappa shape index (κ2) is 8.81. The van der Waals surface area contributed by atoms with Crippen LogP contribution in [-0.4, -0.2) is 52.9 Å². The summed E-state index contributed by atoms with van der Waals surface area (Å²) in [5.41, 5.74) is 0. The van der Waals surface area contributed by atoms with E-state index in [1.54, 1.807) is 6.92 Å². The van der Waals surface area contributed by atoms with Crippen LogP contribution in [0.4, 0.5) is 4.79 Å². The molecule has 0 saturated carbocycles. The van der Waals surface area contributed by atoms with E-state index < -0.39 is 18.0 Å². The summed E-state index contributed by atoms with van der Waals surface area (Å²) in [5, 5.41) is 20.1. The molecule has 0 fully saturated rings. The zero-order valence-corrected chi connectivity index (χ0v) is 10.5. The summed E-state index contributed by atoms with van der Waals surface area (Å²) in [5.74, 6) is -1.04. The molecule has 0 aromatic heterocycles. The molecule has 0 aromatic rings. The normalized spacial score (nSPS) is 11.9. The maximum atomic E-state index is 11.8. The summed E-state index contributed by atoms with van der Waals surface area (Å²) in [7, 11) is 0. The topological polar surface area (TPSA) is 89.9 Å². The van der Waals surface area contributed by atoms with Crippen LogP contribution in [-0.2, 0) is 4.79 Å². The summed E-state index contributed by atoms with van der Waals surface area (Å²) in [4.78, 5) is 24.0. The van der Waals surface area contributed by atoms with E-state index in [2.05, 4.69) is 5.32 Å². The van der Waals surface area contributed by atoms with Gasteiger partial charge < -0.3 is 20.4 Å². The van der Waals surface area contributed by atoms with Gasteiger partial charge in [-0.1, -0.05) is 20.3 Å². The molecule has 0 radical (unpaired) electrons. The largest absolute Gasteiger partial charge is 0.480 e. The van der Waals surface area contributed by atoms with Crippen molar-refractivity contribution in [1.29, 1.82) is 0 Å². The van der Waals surface area contributed by atoms with Crippen LogP contribution >= 0.6 is 0 Å². The van der Waals surface area contributed by atoms with E-state index in [0.29, 0.717) is 13.0 Å². The monoisotopic (exact) mass is 246 g/mol. The number of amides is 2. The van der Waals surface area contributed by atoms with Crippen LogP contribution in [0.25, 0.3) is 0 Å². The molecule has 1 atom stereocenters. The van der Waals surface area contributed by atoms with E-state index in [1.165, 1.54) is 4.90 Å². The standard InChI is InChI=1S/C11H22N2O4/c1-3-5-6-13(7-8-14)11(17)12-9(4-2)10(15)16/h9,14H,3-8H2,1-2H3,(H,12,17)(H,15,16)/t9-/m1/s1. The first-order chi connectivity index (χ1) is 8.06. The Balaban J connectivity index is 4.33. The number of rotatable bonds is 8. The van der Waals surface area contributed by atoms with E-state index >= 15 is 0 Å². The van der Waals surface area contributed by atoms with Gasteiger partial charge in [-0.05, 0) is 12.8 Å². The van der Waals surface area contributed by atoms with Crippen LogP contribution in [0.3, 0.4) is 0 Å². The number of carboxylic acid groups (broad SMARTS) is 1. The number of aliphatic carboxylic acids is 1. The third kappa shape index (κ3) is 6.11. The Hall–Kier alpha value is -1.30. The van der Waals surface area contributed by atoms with Gasteiger partial charge in [-0.25, -0.2) is 9.59 Å². The van der Waals surface area contributed by atoms with Crippen molar-refractivity contribution >= 4 is 12.0 Å². The molecule has 17 heavy (non-hydrogen) atoms. The minimum absolute atomic E-state index is 0.124. The van der Waals surface area contributed by atoms with Gasteiger partial charge in [0.1, 0.15) is 6.04 Å². The van der Waals surface area contributed by atoms with E-state index in [-0.39, 0.29) is 13.2 Å². The number of nitrogens with one attached hydrogen (secondary N) is 1. The first-order valence-electron chi connectivity index (χ1n) is 5.95. The smallest absolute Gasteiger partial charge is 0.326 e. The summed E-state index contributed by atoms with van der Waals surface area (Å²) < 4.78 is 0. The lowest BCUT2D eigenvalue weighted by molar-refractivity contribution is -0.139. The molecule has 0 unspecified atom stereocenters. The summed E-state index contributed by atoms with van der Waals surface area (Å²) >= 11 is 0. The summed E-state index contributed by atoms with van der Waals surface area (Å²) in [6, 6.07) is -1.30. The molecule has 0 aliphatic rings. The highest BCUT2D eigenvalue weighted by Gasteiger charge is 2.20. The van der Waals surface area contributed by atoms with Gasteiger partial charge in [-0.3, -0.25) is 0 Å². The maximum Gasteiger partial charge on any atom is 0.326 e. The zero-order valence-electron chi connectivity index (χ0n) is 10.5. The van der Waals surface area contributed by atoms with Crippen molar-refractivity contribution in [3.05, 3.63) is 0 Å². The molecule has 3 N–H and O–H groups in total. The molecule has 0 saturated heterocycles. The third-order valence-electron chi connectivity index (χ3n) is 2.44.